The highest BCUT2D eigenvalue weighted by Crippen LogP contribution is 2.35. The summed E-state index contributed by atoms with van der Waals surface area (Å²) in [6.45, 7) is 6.42. The van der Waals surface area contributed by atoms with Crippen molar-refractivity contribution in [2.24, 2.45) is 4.99 Å². The van der Waals surface area contributed by atoms with E-state index in [1.807, 2.05) is 61.5 Å². The van der Waals surface area contributed by atoms with Crippen molar-refractivity contribution in [1.29, 1.82) is 0 Å². The van der Waals surface area contributed by atoms with Gasteiger partial charge in [-0.05, 0) is 72.5 Å². The highest BCUT2D eigenvalue weighted by molar-refractivity contribution is 7.07. The Morgan fingerprint density at radius 1 is 0.956 bits per heavy atom. The number of thiazole rings is 1. The quantitative estimate of drug-likeness (QED) is 0.170. The maximum absolute atomic E-state index is 14.0. The number of esters is 1. The summed E-state index contributed by atoms with van der Waals surface area (Å²) in [5.74, 6) is 0.656. The predicted molar refractivity (Wildman–Crippen MR) is 178 cm³/mol. The first-order valence-electron chi connectivity index (χ1n) is 14.7. The van der Waals surface area contributed by atoms with E-state index < -0.39 is 12.0 Å². The van der Waals surface area contributed by atoms with Gasteiger partial charge in [0.25, 0.3) is 5.56 Å². The molecule has 1 aromatic heterocycles. The third-order valence-electron chi connectivity index (χ3n) is 7.55. The Morgan fingerprint density at radius 2 is 1.73 bits per heavy atom. The van der Waals surface area contributed by atoms with Gasteiger partial charge in [-0.15, -0.1) is 0 Å². The molecule has 45 heavy (non-hydrogen) atoms. The SMILES string of the molecule is CCOC(=O)C1=C(C)N=c2s/c(=C\c3ccc(OCc4cccc5ccccc45)c(OCC)c3)c(=O)n2C1c1ccccc1Cl. The standard InChI is InChI=1S/C36H31ClN2O5S/c1-4-42-30-19-23(17-18-29(30)44-21-25-13-10-12-24-11-6-7-14-26(24)25)20-31-34(40)39-33(27-15-8-9-16-28(27)37)32(35(41)43-5-2)22(3)38-36(39)45-31/h6-20,33H,4-5,21H2,1-3H3/b31-20-. The Hall–Kier alpha value is -4.66. The van der Waals surface area contributed by atoms with Gasteiger partial charge in [-0.2, -0.15) is 0 Å². The molecular formula is C36H31ClN2O5S. The van der Waals surface area contributed by atoms with E-state index in [0.29, 0.717) is 50.3 Å². The molecule has 228 valence electrons. The van der Waals surface area contributed by atoms with Gasteiger partial charge in [0.2, 0.25) is 0 Å². The summed E-state index contributed by atoms with van der Waals surface area (Å²) in [5.41, 5.74) is 2.94. The molecule has 1 aliphatic heterocycles. The molecule has 5 aromatic rings. The van der Waals surface area contributed by atoms with Crippen molar-refractivity contribution in [3.05, 3.63) is 138 Å². The smallest absolute Gasteiger partial charge is 0.338 e. The number of halogens is 1. The number of aromatic nitrogens is 1. The van der Waals surface area contributed by atoms with Crippen LogP contribution in [0.15, 0.2) is 106 Å². The van der Waals surface area contributed by atoms with Gasteiger partial charge < -0.3 is 14.2 Å². The van der Waals surface area contributed by atoms with E-state index in [0.717, 1.165) is 21.9 Å². The van der Waals surface area contributed by atoms with Crippen LogP contribution in [0.1, 0.15) is 43.5 Å². The second-order valence-corrected chi connectivity index (χ2v) is 11.8. The molecule has 2 heterocycles. The fourth-order valence-electron chi connectivity index (χ4n) is 5.51. The molecule has 0 N–H and O–H groups in total. The molecule has 0 saturated carbocycles. The first-order chi connectivity index (χ1) is 21.9. The van der Waals surface area contributed by atoms with Gasteiger partial charge in [0.1, 0.15) is 12.6 Å². The minimum absolute atomic E-state index is 0.194. The minimum atomic E-state index is -0.778. The number of allylic oxidation sites excluding steroid dienone is 1. The number of fused-ring (bicyclic) bond motifs is 2. The molecule has 0 saturated heterocycles. The number of carbonyl (C=O) groups excluding carboxylic acids is 1. The molecule has 0 amide bonds. The molecule has 1 aliphatic rings. The fourth-order valence-corrected chi connectivity index (χ4v) is 6.80. The topological polar surface area (TPSA) is 79.1 Å². The van der Waals surface area contributed by atoms with Crippen LogP contribution in [0.3, 0.4) is 0 Å². The zero-order chi connectivity index (χ0) is 31.5. The number of carbonyl (C=O) groups is 1. The molecule has 4 aromatic carbocycles. The Bertz CT molecular complexity index is 2130. The largest absolute Gasteiger partial charge is 0.490 e. The molecule has 9 heteroatoms. The number of rotatable bonds is 9. The number of hydrogen-bond acceptors (Lipinski definition) is 7. The third kappa shape index (κ3) is 6.03. The lowest BCUT2D eigenvalue weighted by molar-refractivity contribution is -0.139. The van der Waals surface area contributed by atoms with E-state index >= 15 is 0 Å². The molecule has 0 aliphatic carbocycles. The van der Waals surface area contributed by atoms with Gasteiger partial charge in [-0.3, -0.25) is 9.36 Å². The van der Waals surface area contributed by atoms with E-state index in [1.54, 1.807) is 26.0 Å². The lowest BCUT2D eigenvalue weighted by Crippen LogP contribution is -2.40. The van der Waals surface area contributed by atoms with E-state index in [2.05, 4.69) is 29.3 Å². The van der Waals surface area contributed by atoms with Crippen molar-refractivity contribution in [2.45, 2.75) is 33.4 Å². The number of hydrogen-bond donors (Lipinski definition) is 0. The van der Waals surface area contributed by atoms with Crippen LogP contribution in [-0.2, 0) is 16.1 Å². The number of benzene rings is 4. The Kier molecular flexibility index (Phi) is 8.87. The molecule has 0 spiro atoms. The Balaban J connectivity index is 1.38. The van der Waals surface area contributed by atoms with Crippen LogP contribution in [-0.4, -0.2) is 23.8 Å². The second-order valence-electron chi connectivity index (χ2n) is 10.4. The van der Waals surface area contributed by atoms with Crippen molar-refractivity contribution in [2.75, 3.05) is 13.2 Å². The van der Waals surface area contributed by atoms with Gasteiger partial charge in [-0.25, -0.2) is 9.79 Å². The summed E-state index contributed by atoms with van der Waals surface area (Å²) >= 11 is 7.86. The normalized spacial score (nSPS) is 14.7. The molecule has 6 rings (SSSR count). The van der Waals surface area contributed by atoms with Gasteiger partial charge in [0.15, 0.2) is 16.3 Å². The maximum Gasteiger partial charge on any atom is 0.338 e. The maximum atomic E-state index is 14.0. The first-order valence-corrected chi connectivity index (χ1v) is 15.9. The lowest BCUT2D eigenvalue weighted by Gasteiger charge is -2.25. The highest BCUT2D eigenvalue weighted by atomic mass is 35.5. The van der Waals surface area contributed by atoms with Crippen molar-refractivity contribution in [1.82, 2.24) is 4.57 Å². The highest BCUT2D eigenvalue weighted by Gasteiger charge is 2.34. The summed E-state index contributed by atoms with van der Waals surface area (Å²) < 4.78 is 19.5. The van der Waals surface area contributed by atoms with Crippen LogP contribution >= 0.6 is 22.9 Å². The van der Waals surface area contributed by atoms with Crippen molar-refractivity contribution >= 4 is 45.8 Å². The van der Waals surface area contributed by atoms with Crippen molar-refractivity contribution < 1.29 is 19.0 Å². The van der Waals surface area contributed by atoms with Crippen LogP contribution in [0, 0.1) is 0 Å². The third-order valence-corrected chi connectivity index (χ3v) is 8.87. The zero-order valence-electron chi connectivity index (χ0n) is 25.1. The van der Waals surface area contributed by atoms with E-state index in [4.69, 9.17) is 25.8 Å². The fraction of sp³-hybridized carbons (Fsp3) is 0.194. The average molecular weight is 639 g/mol. The monoisotopic (exact) mass is 638 g/mol. The average Bonchev–Trinajstić information content (AvgIpc) is 3.34. The summed E-state index contributed by atoms with van der Waals surface area (Å²) in [6, 6.07) is 26.4. The van der Waals surface area contributed by atoms with Crippen molar-refractivity contribution in [3.63, 3.8) is 0 Å². The van der Waals surface area contributed by atoms with Crippen molar-refractivity contribution in [3.8, 4) is 11.5 Å². The summed E-state index contributed by atoms with van der Waals surface area (Å²) in [4.78, 5) is 32.3. The van der Waals surface area contributed by atoms with Crippen LogP contribution < -0.4 is 24.4 Å². The summed E-state index contributed by atoms with van der Waals surface area (Å²) in [6.07, 6.45) is 1.80. The molecule has 0 radical (unpaired) electrons. The number of ether oxygens (including phenoxy) is 3. The van der Waals surface area contributed by atoms with Crippen LogP contribution in [0.4, 0.5) is 0 Å². The van der Waals surface area contributed by atoms with Crippen LogP contribution in [0.5, 0.6) is 11.5 Å². The number of nitrogens with zero attached hydrogens (tertiary/aromatic N) is 2. The van der Waals surface area contributed by atoms with Gasteiger partial charge in [0, 0.05) is 5.02 Å². The van der Waals surface area contributed by atoms with Crippen LogP contribution in [0.25, 0.3) is 16.8 Å². The predicted octanol–water partition coefficient (Wildman–Crippen LogP) is 6.58. The van der Waals surface area contributed by atoms with Gasteiger partial charge >= 0.3 is 5.97 Å². The molecule has 1 unspecified atom stereocenters. The Labute approximate surface area is 269 Å². The van der Waals surface area contributed by atoms with Gasteiger partial charge in [0.05, 0.1) is 29.0 Å². The minimum Gasteiger partial charge on any atom is -0.490 e. The van der Waals surface area contributed by atoms with E-state index in [9.17, 15) is 9.59 Å². The second kappa shape index (κ2) is 13.1. The van der Waals surface area contributed by atoms with E-state index in [-0.39, 0.29) is 17.7 Å². The molecule has 7 nitrogen and oxygen atoms in total. The molecule has 0 bridgehead atoms. The molecule has 0 fully saturated rings. The zero-order valence-corrected chi connectivity index (χ0v) is 26.7. The molecule has 1 atom stereocenters. The molecular weight excluding hydrogens is 608 g/mol. The summed E-state index contributed by atoms with van der Waals surface area (Å²) in [7, 11) is 0. The van der Waals surface area contributed by atoms with Gasteiger partial charge in [-0.1, -0.05) is 89.7 Å². The van der Waals surface area contributed by atoms with Crippen LogP contribution in [0.2, 0.25) is 5.02 Å². The first kappa shape index (κ1) is 30.4. The van der Waals surface area contributed by atoms with E-state index in [1.165, 1.54) is 15.9 Å². The lowest BCUT2D eigenvalue weighted by atomic mass is 9.96. The summed E-state index contributed by atoms with van der Waals surface area (Å²) in [5, 5.41) is 2.73. The Morgan fingerprint density at radius 3 is 2.53 bits per heavy atom.